The number of aromatic nitrogens is 3. The van der Waals surface area contributed by atoms with E-state index in [0.29, 0.717) is 0 Å². The van der Waals surface area contributed by atoms with Gasteiger partial charge in [0.05, 0.1) is 18.7 Å². The van der Waals surface area contributed by atoms with Crippen LogP contribution in [-0.4, -0.2) is 27.1 Å². The van der Waals surface area contributed by atoms with Crippen molar-refractivity contribution in [2.45, 2.75) is 25.3 Å². The van der Waals surface area contributed by atoms with E-state index in [1.54, 1.807) is 18.7 Å². The van der Waals surface area contributed by atoms with Crippen LogP contribution in [0.5, 0.6) is 0 Å². The van der Waals surface area contributed by atoms with Crippen LogP contribution in [-0.2, 0) is 13.5 Å². The third-order valence-electron chi connectivity index (χ3n) is 2.97. The van der Waals surface area contributed by atoms with Crippen molar-refractivity contribution in [1.82, 2.24) is 19.9 Å². The molecule has 2 aromatic heterocycles. The predicted octanol–water partition coefficient (Wildman–Crippen LogP) is 1.37. The lowest BCUT2D eigenvalue weighted by Gasteiger charge is -1.99. The van der Waals surface area contributed by atoms with Gasteiger partial charge in [-0.3, -0.25) is 0 Å². The summed E-state index contributed by atoms with van der Waals surface area (Å²) >= 11 is 0. The molecule has 0 bridgehead atoms. The number of nitrogens with zero attached hydrogens (tertiary/aromatic N) is 3. The summed E-state index contributed by atoms with van der Waals surface area (Å²) in [4.78, 5) is 8.35. The SMILES string of the molecule is Cn1cncc1-c1cnc(CCNC2CC2)o1. The molecular formula is C12H16N4O. The van der Waals surface area contributed by atoms with Gasteiger partial charge in [0.2, 0.25) is 0 Å². The first-order valence-corrected chi connectivity index (χ1v) is 5.98. The Bertz CT molecular complexity index is 498. The maximum atomic E-state index is 5.70. The molecule has 5 heteroatoms. The molecule has 0 saturated heterocycles. The second-order valence-corrected chi connectivity index (χ2v) is 4.49. The third kappa shape index (κ3) is 2.39. The summed E-state index contributed by atoms with van der Waals surface area (Å²) in [5, 5.41) is 3.44. The van der Waals surface area contributed by atoms with Gasteiger partial charge in [-0.1, -0.05) is 0 Å². The molecule has 1 aliphatic rings. The number of oxazole rings is 1. The first-order valence-electron chi connectivity index (χ1n) is 5.98. The van der Waals surface area contributed by atoms with Gasteiger partial charge in [-0.2, -0.15) is 0 Å². The zero-order chi connectivity index (χ0) is 11.7. The van der Waals surface area contributed by atoms with Crippen LogP contribution in [0.15, 0.2) is 23.1 Å². The molecule has 0 radical (unpaired) electrons. The third-order valence-corrected chi connectivity index (χ3v) is 2.97. The van der Waals surface area contributed by atoms with Crippen LogP contribution in [0, 0.1) is 0 Å². The Kier molecular flexibility index (Phi) is 2.68. The van der Waals surface area contributed by atoms with Crippen molar-refractivity contribution in [3.63, 3.8) is 0 Å². The highest BCUT2D eigenvalue weighted by Crippen LogP contribution is 2.20. The molecule has 1 N–H and O–H groups in total. The number of aryl methyl sites for hydroxylation is 1. The van der Waals surface area contributed by atoms with E-state index in [4.69, 9.17) is 4.42 Å². The predicted molar refractivity (Wildman–Crippen MR) is 63.4 cm³/mol. The normalized spacial score (nSPS) is 15.4. The Morgan fingerprint density at radius 3 is 3.06 bits per heavy atom. The lowest BCUT2D eigenvalue weighted by atomic mass is 10.4. The van der Waals surface area contributed by atoms with Crippen molar-refractivity contribution in [2.75, 3.05) is 6.54 Å². The molecule has 90 valence electrons. The number of hydrogen-bond acceptors (Lipinski definition) is 4. The van der Waals surface area contributed by atoms with Crippen LogP contribution < -0.4 is 5.32 Å². The maximum Gasteiger partial charge on any atom is 0.196 e. The molecule has 0 atom stereocenters. The van der Waals surface area contributed by atoms with Crippen molar-refractivity contribution in [2.24, 2.45) is 7.05 Å². The van der Waals surface area contributed by atoms with Crippen LogP contribution in [0.4, 0.5) is 0 Å². The molecule has 0 unspecified atom stereocenters. The summed E-state index contributed by atoms with van der Waals surface area (Å²) < 4.78 is 7.62. The molecule has 2 heterocycles. The van der Waals surface area contributed by atoms with Gasteiger partial charge in [0.1, 0.15) is 5.69 Å². The molecule has 2 aromatic rings. The number of nitrogens with one attached hydrogen (secondary N) is 1. The smallest absolute Gasteiger partial charge is 0.196 e. The fourth-order valence-electron chi connectivity index (χ4n) is 1.81. The highest BCUT2D eigenvalue weighted by Gasteiger charge is 2.20. The molecule has 0 aliphatic heterocycles. The minimum absolute atomic E-state index is 0.738. The van der Waals surface area contributed by atoms with E-state index in [-0.39, 0.29) is 0 Å². The molecule has 1 aliphatic carbocycles. The monoisotopic (exact) mass is 232 g/mol. The Morgan fingerprint density at radius 1 is 1.47 bits per heavy atom. The van der Waals surface area contributed by atoms with Gasteiger partial charge in [0.25, 0.3) is 0 Å². The standard InChI is InChI=1S/C12H16N4O/c1-16-8-13-6-10(16)11-7-15-12(17-11)4-5-14-9-2-3-9/h6-9,14H,2-5H2,1H3. The highest BCUT2D eigenvalue weighted by molar-refractivity contribution is 5.49. The first kappa shape index (κ1) is 10.5. The highest BCUT2D eigenvalue weighted by atomic mass is 16.4. The Balaban J connectivity index is 1.63. The average Bonchev–Trinajstić information content (AvgIpc) is 2.85. The van der Waals surface area contributed by atoms with Crippen LogP contribution in [0.2, 0.25) is 0 Å². The van der Waals surface area contributed by atoms with E-state index < -0.39 is 0 Å². The van der Waals surface area contributed by atoms with Crippen molar-refractivity contribution < 1.29 is 4.42 Å². The second-order valence-electron chi connectivity index (χ2n) is 4.49. The minimum atomic E-state index is 0.738. The van der Waals surface area contributed by atoms with Gasteiger partial charge >= 0.3 is 0 Å². The molecular weight excluding hydrogens is 216 g/mol. The van der Waals surface area contributed by atoms with E-state index in [2.05, 4.69) is 15.3 Å². The summed E-state index contributed by atoms with van der Waals surface area (Å²) in [5.74, 6) is 1.57. The summed E-state index contributed by atoms with van der Waals surface area (Å²) in [6.45, 7) is 0.940. The molecule has 1 fully saturated rings. The summed E-state index contributed by atoms with van der Waals surface area (Å²) in [6.07, 6.45) is 8.77. The fraction of sp³-hybridized carbons (Fsp3) is 0.500. The van der Waals surface area contributed by atoms with E-state index in [1.165, 1.54) is 12.8 Å². The number of rotatable bonds is 5. The fourth-order valence-corrected chi connectivity index (χ4v) is 1.81. The summed E-state index contributed by atoms with van der Waals surface area (Å²) in [7, 11) is 1.94. The lowest BCUT2D eigenvalue weighted by molar-refractivity contribution is 0.492. The lowest BCUT2D eigenvalue weighted by Crippen LogP contribution is -2.19. The van der Waals surface area contributed by atoms with Gasteiger partial charge < -0.3 is 14.3 Å². The Morgan fingerprint density at radius 2 is 2.35 bits per heavy atom. The molecule has 0 aromatic carbocycles. The molecule has 17 heavy (non-hydrogen) atoms. The van der Waals surface area contributed by atoms with Gasteiger partial charge in [-0.15, -0.1) is 0 Å². The number of hydrogen-bond donors (Lipinski definition) is 1. The molecule has 0 spiro atoms. The van der Waals surface area contributed by atoms with Crippen LogP contribution >= 0.6 is 0 Å². The molecule has 5 nitrogen and oxygen atoms in total. The Labute approximate surface area is 99.9 Å². The molecule has 0 amide bonds. The van der Waals surface area contributed by atoms with Crippen molar-refractivity contribution in [3.8, 4) is 11.5 Å². The van der Waals surface area contributed by atoms with E-state index in [0.717, 1.165) is 36.4 Å². The van der Waals surface area contributed by atoms with Gasteiger partial charge in [-0.05, 0) is 12.8 Å². The molecule has 1 saturated carbocycles. The second kappa shape index (κ2) is 4.33. The topological polar surface area (TPSA) is 55.9 Å². The van der Waals surface area contributed by atoms with E-state index >= 15 is 0 Å². The zero-order valence-electron chi connectivity index (χ0n) is 9.89. The number of imidazole rings is 1. The van der Waals surface area contributed by atoms with Crippen molar-refractivity contribution in [3.05, 3.63) is 24.6 Å². The van der Waals surface area contributed by atoms with E-state index in [9.17, 15) is 0 Å². The first-order chi connectivity index (χ1) is 8.33. The van der Waals surface area contributed by atoms with Gasteiger partial charge in [0, 0.05) is 26.1 Å². The summed E-state index contributed by atoms with van der Waals surface area (Å²) in [6, 6.07) is 0.738. The largest absolute Gasteiger partial charge is 0.439 e. The van der Waals surface area contributed by atoms with Crippen LogP contribution in [0.3, 0.4) is 0 Å². The van der Waals surface area contributed by atoms with Gasteiger partial charge in [0.15, 0.2) is 11.7 Å². The summed E-state index contributed by atoms with van der Waals surface area (Å²) in [5.41, 5.74) is 0.957. The van der Waals surface area contributed by atoms with Crippen LogP contribution in [0.1, 0.15) is 18.7 Å². The zero-order valence-corrected chi connectivity index (χ0v) is 9.89. The molecule has 3 rings (SSSR count). The Hall–Kier alpha value is -1.62. The minimum Gasteiger partial charge on any atom is -0.439 e. The van der Waals surface area contributed by atoms with Crippen LogP contribution in [0.25, 0.3) is 11.5 Å². The van der Waals surface area contributed by atoms with Crippen molar-refractivity contribution in [1.29, 1.82) is 0 Å². The van der Waals surface area contributed by atoms with Gasteiger partial charge in [-0.25, -0.2) is 9.97 Å². The maximum absolute atomic E-state index is 5.70. The quantitative estimate of drug-likeness (QED) is 0.846. The van der Waals surface area contributed by atoms with Crippen molar-refractivity contribution >= 4 is 0 Å². The van der Waals surface area contributed by atoms with E-state index in [1.807, 2.05) is 11.6 Å². The average molecular weight is 232 g/mol.